The molecule has 6 heteroatoms. The Bertz CT molecular complexity index is 554. The predicted molar refractivity (Wildman–Crippen MR) is 71.7 cm³/mol. The van der Waals surface area contributed by atoms with Gasteiger partial charge >= 0.3 is 5.97 Å². The van der Waals surface area contributed by atoms with Crippen molar-refractivity contribution in [2.24, 2.45) is 0 Å². The van der Waals surface area contributed by atoms with Crippen LogP contribution in [0.2, 0.25) is 0 Å². The highest BCUT2D eigenvalue weighted by Gasteiger charge is 2.42. The molecule has 0 heterocycles. The zero-order chi connectivity index (χ0) is 15.5. The summed E-state index contributed by atoms with van der Waals surface area (Å²) in [5.41, 5.74) is -1.56. The van der Waals surface area contributed by atoms with Crippen molar-refractivity contribution in [3.8, 4) is 0 Å². The Kier molecular flexibility index (Phi) is 4.55. The molecule has 1 aromatic carbocycles. The van der Waals surface area contributed by atoms with Crippen LogP contribution in [0.25, 0.3) is 0 Å². The van der Waals surface area contributed by atoms with E-state index in [1.54, 1.807) is 0 Å². The van der Waals surface area contributed by atoms with Crippen LogP contribution in [0.3, 0.4) is 0 Å². The van der Waals surface area contributed by atoms with Crippen molar-refractivity contribution in [3.63, 3.8) is 0 Å². The Morgan fingerprint density at radius 1 is 1.19 bits per heavy atom. The fourth-order valence-electron chi connectivity index (χ4n) is 2.69. The Hall–Kier alpha value is -1.98. The molecule has 0 aliphatic heterocycles. The van der Waals surface area contributed by atoms with Gasteiger partial charge in [0, 0.05) is 0 Å². The summed E-state index contributed by atoms with van der Waals surface area (Å²) in [6, 6.07) is 2.64. The second kappa shape index (κ2) is 6.20. The molecule has 1 saturated carbocycles. The molecule has 1 fully saturated rings. The average molecular weight is 297 g/mol. The maximum absolute atomic E-state index is 13.6. The van der Waals surface area contributed by atoms with Crippen LogP contribution in [-0.2, 0) is 9.53 Å². The Labute approximate surface area is 121 Å². The highest BCUT2D eigenvalue weighted by Crippen LogP contribution is 2.30. The van der Waals surface area contributed by atoms with Crippen LogP contribution >= 0.6 is 0 Å². The number of hydrogen-bond acceptors (Lipinski definition) is 3. The van der Waals surface area contributed by atoms with E-state index in [4.69, 9.17) is 4.74 Å². The van der Waals surface area contributed by atoms with Gasteiger partial charge in [0.05, 0.1) is 12.7 Å². The topological polar surface area (TPSA) is 55.4 Å². The summed E-state index contributed by atoms with van der Waals surface area (Å²) in [4.78, 5) is 24.2. The van der Waals surface area contributed by atoms with Crippen molar-refractivity contribution in [1.82, 2.24) is 5.32 Å². The number of halogens is 2. The smallest absolute Gasteiger partial charge is 0.331 e. The van der Waals surface area contributed by atoms with Gasteiger partial charge in [0.25, 0.3) is 5.91 Å². The van der Waals surface area contributed by atoms with E-state index in [1.807, 2.05) is 0 Å². The van der Waals surface area contributed by atoms with Crippen molar-refractivity contribution < 1.29 is 23.1 Å². The minimum atomic E-state index is -1.15. The minimum absolute atomic E-state index is 0.413. The molecule has 114 valence electrons. The predicted octanol–water partition coefficient (Wildman–Crippen LogP) is 2.57. The second-order valence-electron chi connectivity index (χ2n) is 5.21. The minimum Gasteiger partial charge on any atom is -0.467 e. The molecule has 1 amide bonds. The largest absolute Gasteiger partial charge is 0.467 e. The molecule has 0 unspecified atom stereocenters. The molecule has 1 aromatic rings. The molecular formula is C15H17F2NO3. The van der Waals surface area contributed by atoms with Crippen LogP contribution in [0.5, 0.6) is 0 Å². The highest BCUT2D eigenvalue weighted by atomic mass is 19.1. The van der Waals surface area contributed by atoms with Gasteiger partial charge in [-0.25, -0.2) is 13.6 Å². The van der Waals surface area contributed by atoms with Gasteiger partial charge in [0.15, 0.2) is 0 Å². The number of amides is 1. The second-order valence-corrected chi connectivity index (χ2v) is 5.21. The van der Waals surface area contributed by atoms with Crippen molar-refractivity contribution in [2.45, 2.75) is 37.6 Å². The van der Waals surface area contributed by atoms with Crippen LogP contribution < -0.4 is 5.32 Å². The van der Waals surface area contributed by atoms with Crippen LogP contribution in [0.1, 0.15) is 42.5 Å². The fraction of sp³-hybridized carbons (Fsp3) is 0.467. The number of nitrogens with one attached hydrogen (secondary N) is 1. The average Bonchev–Trinajstić information content (AvgIpc) is 2.49. The Morgan fingerprint density at radius 3 is 2.48 bits per heavy atom. The molecule has 0 bridgehead atoms. The first-order valence-electron chi connectivity index (χ1n) is 6.84. The van der Waals surface area contributed by atoms with Gasteiger partial charge in [-0.2, -0.15) is 0 Å². The number of benzene rings is 1. The van der Waals surface area contributed by atoms with E-state index >= 15 is 0 Å². The van der Waals surface area contributed by atoms with E-state index in [0.717, 1.165) is 37.5 Å². The number of carbonyl (C=O) groups is 2. The zero-order valence-electron chi connectivity index (χ0n) is 11.7. The van der Waals surface area contributed by atoms with Crippen molar-refractivity contribution >= 4 is 11.9 Å². The Balaban J connectivity index is 2.26. The van der Waals surface area contributed by atoms with Gasteiger partial charge in [0.2, 0.25) is 0 Å². The summed E-state index contributed by atoms with van der Waals surface area (Å²) in [6.45, 7) is 0. The number of rotatable bonds is 3. The molecule has 1 aliphatic carbocycles. The van der Waals surface area contributed by atoms with Crippen LogP contribution in [0, 0.1) is 11.6 Å². The molecule has 21 heavy (non-hydrogen) atoms. The maximum Gasteiger partial charge on any atom is 0.331 e. The van der Waals surface area contributed by atoms with Gasteiger partial charge < -0.3 is 10.1 Å². The lowest BCUT2D eigenvalue weighted by Gasteiger charge is -2.35. The number of methoxy groups -OCH3 is 1. The van der Waals surface area contributed by atoms with E-state index in [0.29, 0.717) is 12.8 Å². The molecule has 0 aromatic heterocycles. The number of carbonyl (C=O) groups excluding carboxylic acids is 2. The molecule has 1 aliphatic rings. The van der Waals surface area contributed by atoms with E-state index in [1.165, 1.54) is 7.11 Å². The van der Waals surface area contributed by atoms with E-state index in [2.05, 4.69) is 5.32 Å². The third-order valence-corrected chi connectivity index (χ3v) is 3.81. The number of esters is 1. The Morgan fingerprint density at radius 2 is 1.86 bits per heavy atom. The van der Waals surface area contributed by atoms with Gasteiger partial charge in [-0.05, 0) is 31.0 Å². The molecule has 2 rings (SSSR count). The van der Waals surface area contributed by atoms with E-state index in [9.17, 15) is 18.4 Å². The van der Waals surface area contributed by atoms with E-state index in [-0.39, 0.29) is 0 Å². The first-order chi connectivity index (χ1) is 9.98. The summed E-state index contributed by atoms with van der Waals surface area (Å²) >= 11 is 0. The van der Waals surface area contributed by atoms with Gasteiger partial charge in [-0.1, -0.05) is 19.3 Å². The molecule has 0 radical (unpaired) electrons. The van der Waals surface area contributed by atoms with Crippen molar-refractivity contribution in [1.29, 1.82) is 0 Å². The molecule has 0 atom stereocenters. The lowest BCUT2D eigenvalue weighted by molar-refractivity contribution is -0.149. The first-order valence-corrected chi connectivity index (χ1v) is 6.84. The van der Waals surface area contributed by atoms with Crippen molar-refractivity contribution in [3.05, 3.63) is 35.4 Å². The van der Waals surface area contributed by atoms with Gasteiger partial charge in [-0.3, -0.25) is 4.79 Å². The lowest BCUT2D eigenvalue weighted by Crippen LogP contribution is -2.56. The monoisotopic (exact) mass is 297 g/mol. The first kappa shape index (κ1) is 15.4. The lowest BCUT2D eigenvalue weighted by atomic mass is 9.81. The SMILES string of the molecule is COC(=O)C1(NC(=O)c2cc(F)ccc2F)CCCCC1. The van der Waals surface area contributed by atoms with Crippen molar-refractivity contribution in [2.75, 3.05) is 7.11 Å². The highest BCUT2D eigenvalue weighted by molar-refractivity contribution is 5.98. The summed E-state index contributed by atoms with van der Waals surface area (Å²) < 4.78 is 31.6. The molecule has 1 N–H and O–H groups in total. The standard InChI is InChI=1S/C15H17F2NO3/c1-21-14(20)15(7-3-2-4-8-15)18-13(19)11-9-10(16)5-6-12(11)17/h5-6,9H,2-4,7-8H2,1H3,(H,18,19). The van der Waals surface area contributed by atoms with E-state index < -0.39 is 34.6 Å². The molecule has 0 saturated heterocycles. The third kappa shape index (κ3) is 3.20. The van der Waals surface area contributed by atoms with Gasteiger partial charge in [-0.15, -0.1) is 0 Å². The zero-order valence-corrected chi connectivity index (χ0v) is 11.7. The summed E-state index contributed by atoms with van der Waals surface area (Å²) in [6.07, 6.45) is 3.36. The van der Waals surface area contributed by atoms with Crippen LogP contribution in [-0.4, -0.2) is 24.5 Å². The van der Waals surface area contributed by atoms with Crippen LogP contribution in [0.15, 0.2) is 18.2 Å². The number of hydrogen-bond donors (Lipinski definition) is 1. The summed E-state index contributed by atoms with van der Waals surface area (Å²) in [5.74, 6) is -2.89. The maximum atomic E-state index is 13.6. The number of ether oxygens (including phenoxy) is 1. The summed E-state index contributed by atoms with van der Waals surface area (Å²) in [5, 5.41) is 2.55. The molecule has 4 nitrogen and oxygen atoms in total. The third-order valence-electron chi connectivity index (χ3n) is 3.81. The molecular weight excluding hydrogens is 280 g/mol. The fourth-order valence-corrected chi connectivity index (χ4v) is 2.69. The quantitative estimate of drug-likeness (QED) is 0.872. The molecule has 0 spiro atoms. The van der Waals surface area contributed by atoms with Gasteiger partial charge in [0.1, 0.15) is 17.2 Å². The normalized spacial score (nSPS) is 17.1. The summed E-state index contributed by atoms with van der Waals surface area (Å²) in [7, 11) is 1.24. The van der Waals surface area contributed by atoms with Crippen LogP contribution in [0.4, 0.5) is 8.78 Å².